The van der Waals surface area contributed by atoms with Crippen LogP contribution in [0.15, 0.2) is 10.6 Å². The van der Waals surface area contributed by atoms with Crippen LogP contribution in [-0.4, -0.2) is 47.0 Å². The van der Waals surface area contributed by atoms with E-state index >= 15 is 0 Å². The molecule has 0 aromatic carbocycles. The van der Waals surface area contributed by atoms with Crippen molar-refractivity contribution in [1.29, 1.82) is 0 Å². The Morgan fingerprint density at radius 2 is 1.93 bits per heavy atom. The molecule has 2 amide bonds. The first-order chi connectivity index (χ1) is 13.0. The SMILES string of the molecule is C[C@@H]1CN(C(=O)[C@H]2CC[C@H](N)CC2)CC[C@@H]1NC(=O)c1cc(C2CC2)on1. The summed E-state index contributed by atoms with van der Waals surface area (Å²) in [6, 6.07) is 2.08. The molecule has 0 unspecified atom stereocenters. The van der Waals surface area contributed by atoms with Gasteiger partial charge in [-0.25, -0.2) is 0 Å². The lowest BCUT2D eigenvalue weighted by Gasteiger charge is -2.39. The Morgan fingerprint density at radius 3 is 2.59 bits per heavy atom. The van der Waals surface area contributed by atoms with Gasteiger partial charge >= 0.3 is 0 Å². The van der Waals surface area contributed by atoms with Gasteiger partial charge in [-0.2, -0.15) is 0 Å². The third-order valence-corrected chi connectivity index (χ3v) is 6.40. The molecule has 2 saturated carbocycles. The number of rotatable bonds is 4. The summed E-state index contributed by atoms with van der Waals surface area (Å²) in [5.74, 6) is 1.70. The fourth-order valence-electron chi connectivity index (χ4n) is 4.38. The maximum absolute atomic E-state index is 12.8. The Balaban J connectivity index is 1.29. The number of amides is 2. The van der Waals surface area contributed by atoms with Gasteiger partial charge in [-0.05, 0) is 50.9 Å². The molecule has 1 aliphatic heterocycles. The van der Waals surface area contributed by atoms with Gasteiger partial charge in [-0.3, -0.25) is 9.59 Å². The van der Waals surface area contributed by atoms with E-state index < -0.39 is 0 Å². The van der Waals surface area contributed by atoms with Crippen molar-refractivity contribution in [2.45, 2.75) is 69.9 Å². The van der Waals surface area contributed by atoms with Crippen LogP contribution in [-0.2, 0) is 4.79 Å². The Bertz CT molecular complexity index is 691. The predicted molar refractivity (Wildman–Crippen MR) is 100 cm³/mol. The molecule has 7 nitrogen and oxygen atoms in total. The van der Waals surface area contributed by atoms with Crippen molar-refractivity contribution < 1.29 is 14.1 Å². The number of nitrogens with one attached hydrogen (secondary N) is 1. The zero-order chi connectivity index (χ0) is 19.0. The topological polar surface area (TPSA) is 101 Å². The van der Waals surface area contributed by atoms with Crippen molar-refractivity contribution in [2.24, 2.45) is 17.6 Å². The second-order valence-electron chi connectivity index (χ2n) is 8.63. The second kappa shape index (κ2) is 7.62. The van der Waals surface area contributed by atoms with E-state index in [0.29, 0.717) is 24.7 Å². The summed E-state index contributed by atoms with van der Waals surface area (Å²) in [7, 11) is 0. The first kappa shape index (κ1) is 18.5. The molecule has 4 rings (SSSR count). The molecular weight excluding hydrogens is 344 g/mol. The van der Waals surface area contributed by atoms with Crippen molar-refractivity contribution in [2.75, 3.05) is 13.1 Å². The molecular formula is C20H30N4O3. The molecule has 27 heavy (non-hydrogen) atoms. The van der Waals surface area contributed by atoms with Gasteiger partial charge in [0.25, 0.3) is 5.91 Å². The van der Waals surface area contributed by atoms with E-state index in [1.54, 1.807) is 6.07 Å². The Labute approximate surface area is 160 Å². The molecule has 2 aliphatic carbocycles. The van der Waals surface area contributed by atoms with Crippen LogP contribution in [0.3, 0.4) is 0 Å². The lowest BCUT2D eigenvalue weighted by Crippen LogP contribution is -2.53. The van der Waals surface area contributed by atoms with Crippen molar-refractivity contribution in [1.82, 2.24) is 15.4 Å². The summed E-state index contributed by atoms with van der Waals surface area (Å²) in [6.45, 7) is 3.49. The number of nitrogens with two attached hydrogens (primary N) is 1. The van der Waals surface area contributed by atoms with Crippen LogP contribution < -0.4 is 11.1 Å². The van der Waals surface area contributed by atoms with E-state index in [-0.39, 0.29) is 35.7 Å². The maximum atomic E-state index is 12.8. The van der Waals surface area contributed by atoms with Crippen LogP contribution >= 0.6 is 0 Å². The molecule has 7 heteroatoms. The van der Waals surface area contributed by atoms with Crippen molar-refractivity contribution in [3.63, 3.8) is 0 Å². The van der Waals surface area contributed by atoms with E-state index in [4.69, 9.17) is 10.3 Å². The number of hydrogen-bond donors (Lipinski definition) is 2. The fraction of sp³-hybridized carbons (Fsp3) is 0.750. The highest BCUT2D eigenvalue weighted by Gasteiger charge is 2.35. The van der Waals surface area contributed by atoms with Crippen molar-refractivity contribution in [3.05, 3.63) is 17.5 Å². The van der Waals surface area contributed by atoms with E-state index in [0.717, 1.165) is 50.7 Å². The highest BCUT2D eigenvalue weighted by molar-refractivity contribution is 5.92. The van der Waals surface area contributed by atoms with E-state index in [1.165, 1.54) is 0 Å². The van der Waals surface area contributed by atoms with E-state index in [9.17, 15) is 9.59 Å². The summed E-state index contributed by atoms with van der Waals surface area (Å²) in [5, 5.41) is 7.00. The summed E-state index contributed by atoms with van der Waals surface area (Å²) < 4.78 is 5.28. The molecule has 0 spiro atoms. The highest BCUT2D eigenvalue weighted by atomic mass is 16.5. The molecule has 0 radical (unpaired) electrons. The third kappa shape index (κ3) is 4.18. The maximum Gasteiger partial charge on any atom is 0.273 e. The molecule has 3 fully saturated rings. The van der Waals surface area contributed by atoms with Gasteiger partial charge in [0.15, 0.2) is 5.69 Å². The van der Waals surface area contributed by atoms with Gasteiger partial charge in [0.1, 0.15) is 5.76 Å². The van der Waals surface area contributed by atoms with Gasteiger partial charge in [0.2, 0.25) is 5.91 Å². The minimum Gasteiger partial charge on any atom is -0.360 e. The van der Waals surface area contributed by atoms with Gasteiger partial charge in [-0.1, -0.05) is 12.1 Å². The Kier molecular flexibility index (Phi) is 5.21. The summed E-state index contributed by atoms with van der Waals surface area (Å²) in [4.78, 5) is 27.3. The average Bonchev–Trinajstić information content (AvgIpc) is 3.40. The highest BCUT2D eigenvalue weighted by Crippen LogP contribution is 2.40. The molecule has 2 heterocycles. The largest absolute Gasteiger partial charge is 0.360 e. The number of nitrogens with zero attached hydrogens (tertiary/aromatic N) is 2. The molecule has 0 bridgehead atoms. The van der Waals surface area contributed by atoms with E-state index in [2.05, 4.69) is 17.4 Å². The van der Waals surface area contributed by atoms with Crippen LogP contribution in [0.5, 0.6) is 0 Å². The lowest BCUT2D eigenvalue weighted by atomic mass is 9.84. The zero-order valence-corrected chi connectivity index (χ0v) is 16.0. The van der Waals surface area contributed by atoms with Crippen LogP contribution in [0, 0.1) is 11.8 Å². The van der Waals surface area contributed by atoms with Gasteiger partial charge in [-0.15, -0.1) is 0 Å². The first-order valence-corrected chi connectivity index (χ1v) is 10.3. The molecule has 3 N–H and O–H groups in total. The summed E-state index contributed by atoms with van der Waals surface area (Å²) in [6.07, 6.45) is 6.71. The molecule has 3 aliphatic rings. The molecule has 1 aromatic heterocycles. The number of likely N-dealkylation sites (tertiary alicyclic amines) is 1. The number of hydrogen-bond acceptors (Lipinski definition) is 5. The molecule has 1 saturated heterocycles. The number of carbonyl (C=O) groups excluding carboxylic acids is 2. The number of carbonyl (C=O) groups is 2. The molecule has 2 atom stereocenters. The van der Waals surface area contributed by atoms with Gasteiger partial charge in [0, 0.05) is 43.1 Å². The normalized spacial score (nSPS) is 31.6. The monoisotopic (exact) mass is 374 g/mol. The minimum atomic E-state index is -0.177. The Morgan fingerprint density at radius 1 is 1.19 bits per heavy atom. The zero-order valence-electron chi connectivity index (χ0n) is 16.0. The average molecular weight is 374 g/mol. The molecule has 148 valence electrons. The van der Waals surface area contributed by atoms with Crippen LogP contribution in [0.2, 0.25) is 0 Å². The number of piperidine rings is 1. The van der Waals surface area contributed by atoms with Crippen LogP contribution in [0.25, 0.3) is 0 Å². The van der Waals surface area contributed by atoms with Gasteiger partial charge in [0.05, 0.1) is 0 Å². The smallest absolute Gasteiger partial charge is 0.273 e. The summed E-state index contributed by atoms with van der Waals surface area (Å²) >= 11 is 0. The molecule has 1 aromatic rings. The van der Waals surface area contributed by atoms with Gasteiger partial charge < -0.3 is 20.5 Å². The predicted octanol–water partition coefficient (Wildman–Crippen LogP) is 2.04. The lowest BCUT2D eigenvalue weighted by molar-refractivity contribution is -0.138. The quantitative estimate of drug-likeness (QED) is 0.840. The minimum absolute atomic E-state index is 0.0578. The van der Waals surface area contributed by atoms with Crippen LogP contribution in [0.4, 0.5) is 0 Å². The van der Waals surface area contributed by atoms with Crippen molar-refractivity contribution in [3.8, 4) is 0 Å². The first-order valence-electron chi connectivity index (χ1n) is 10.3. The fourth-order valence-corrected chi connectivity index (χ4v) is 4.38. The third-order valence-electron chi connectivity index (χ3n) is 6.40. The second-order valence-corrected chi connectivity index (χ2v) is 8.63. The summed E-state index contributed by atoms with van der Waals surface area (Å²) in [5.41, 5.74) is 6.32. The number of aromatic nitrogens is 1. The van der Waals surface area contributed by atoms with E-state index in [1.807, 2.05) is 4.90 Å². The van der Waals surface area contributed by atoms with Crippen molar-refractivity contribution >= 4 is 11.8 Å². The standard InChI is InChI=1S/C20H30N4O3/c1-12-11-24(20(26)14-4-6-15(21)7-5-14)9-8-16(12)22-19(25)17-10-18(27-23-17)13-2-3-13/h10,12-16H,2-9,11,21H2,1H3,(H,22,25)/t12-,14-,15-,16+/m1/s1. The van der Waals surface area contributed by atoms with Crippen LogP contribution in [0.1, 0.15) is 74.0 Å². The Hall–Kier alpha value is -1.89.